The van der Waals surface area contributed by atoms with Crippen molar-refractivity contribution >= 4 is 17.4 Å². The van der Waals surface area contributed by atoms with Gasteiger partial charge in [-0.3, -0.25) is 14.3 Å². The normalized spacial score (nSPS) is 11.0. The summed E-state index contributed by atoms with van der Waals surface area (Å²) in [5, 5.41) is 2.85. The van der Waals surface area contributed by atoms with Crippen LogP contribution in [0.3, 0.4) is 0 Å². The number of aromatic nitrogens is 4. The molecule has 0 aliphatic rings. The van der Waals surface area contributed by atoms with Gasteiger partial charge in [0.2, 0.25) is 0 Å². The fourth-order valence-electron chi connectivity index (χ4n) is 3.28. The van der Waals surface area contributed by atoms with Gasteiger partial charge >= 0.3 is 0 Å². The van der Waals surface area contributed by atoms with Crippen molar-refractivity contribution < 1.29 is 14.3 Å². The summed E-state index contributed by atoms with van der Waals surface area (Å²) in [6.07, 6.45) is 1.60. The number of anilines is 1. The van der Waals surface area contributed by atoms with Gasteiger partial charge in [-0.15, -0.1) is 0 Å². The molecule has 1 amide bonds. The van der Waals surface area contributed by atoms with Gasteiger partial charge in [-0.1, -0.05) is 0 Å². The molecule has 0 bridgehead atoms. The zero-order valence-corrected chi connectivity index (χ0v) is 18.7. The van der Waals surface area contributed by atoms with Crippen LogP contribution in [0.25, 0.3) is 5.78 Å². The first kappa shape index (κ1) is 22.1. The van der Waals surface area contributed by atoms with E-state index in [1.165, 1.54) is 10.6 Å². The van der Waals surface area contributed by atoms with Gasteiger partial charge in [0.25, 0.3) is 17.2 Å². The number of carbonyl (C=O) groups excluding carboxylic acids is 1. The lowest BCUT2D eigenvalue weighted by atomic mass is 10.2. The lowest BCUT2D eigenvalue weighted by Gasteiger charge is -2.10. The van der Waals surface area contributed by atoms with E-state index in [4.69, 9.17) is 9.47 Å². The highest BCUT2D eigenvalue weighted by molar-refractivity contribution is 6.04. The van der Waals surface area contributed by atoms with Gasteiger partial charge in [0.05, 0.1) is 12.3 Å². The van der Waals surface area contributed by atoms with E-state index in [1.54, 1.807) is 59.5 Å². The highest BCUT2D eigenvalue weighted by Crippen LogP contribution is 2.18. The summed E-state index contributed by atoms with van der Waals surface area (Å²) in [6, 6.07) is 15.5. The fraction of sp³-hybridized carbons (Fsp3) is 0.250. The van der Waals surface area contributed by atoms with E-state index in [0.29, 0.717) is 35.1 Å². The van der Waals surface area contributed by atoms with Gasteiger partial charge in [-0.25, -0.2) is 4.98 Å². The topological polar surface area (TPSA) is 99.7 Å². The Morgan fingerprint density at radius 3 is 2.36 bits per heavy atom. The van der Waals surface area contributed by atoms with E-state index in [1.807, 2.05) is 20.8 Å². The number of nitrogens with one attached hydrogen (secondary N) is 1. The van der Waals surface area contributed by atoms with E-state index in [-0.39, 0.29) is 24.1 Å². The van der Waals surface area contributed by atoms with Crippen LogP contribution in [0.4, 0.5) is 5.69 Å². The molecule has 4 aromatic rings. The average Bonchev–Trinajstić information content (AvgIpc) is 3.24. The van der Waals surface area contributed by atoms with Crippen LogP contribution in [0.15, 0.2) is 65.7 Å². The molecule has 9 nitrogen and oxygen atoms in total. The monoisotopic (exact) mass is 447 g/mol. The first-order chi connectivity index (χ1) is 15.9. The maximum Gasteiger partial charge on any atom is 0.274 e. The number of hydrogen-bond donors (Lipinski definition) is 1. The fourth-order valence-corrected chi connectivity index (χ4v) is 3.28. The van der Waals surface area contributed by atoms with Crippen LogP contribution in [0, 0.1) is 0 Å². The maximum atomic E-state index is 12.5. The van der Waals surface area contributed by atoms with Gasteiger partial charge in [0.1, 0.15) is 24.4 Å². The Balaban J connectivity index is 1.38. The number of amides is 1. The summed E-state index contributed by atoms with van der Waals surface area (Å²) >= 11 is 0. The van der Waals surface area contributed by atoms with Crippen molar-refractivity contribution in [2.24, 2.45) is 0 Å². The van der Waals surface area contributed by atoms with Gasteiger partial charge in [-0.05, 0) is 69.3 Å². The molecule has 0 spiro atoms. The molecular formula is C24H25N5O4. The largest absolute Gasteiger partial charge is 0.494 e. The number of benzene rings is 2. The molecular weight excluding hydrogens is 422 g/mol. The van der Waals surface area contributed by atoms with Gasteiger partial charge in [-0.2, -0.15) is 9.50 Å². The van der Waals surface area contributed by atoms with Crippen LogP contribution in [-0.4, -0.2) is 31.7 Å². The standard InChI is InChI=1S/C24H25N5O4/c1-4-32-20-9-5-17(6-10-20)23(31)26-18-7-11-21(12-8-18)33-14-19-13-22(30)29-24(27-19)25-15-28(29)16(2)3/h5-13,15-16H,4,14H2,1-3H3,(H,26,31). The lowest BCUT2D eigenvalue weighted by Crippen LogP contribution is -2.23. The molecule has 2 heterocycles. The lowest BCUT2D eigenvalue weighted by molar-refractivity contribution is 0.102. The third-order valence-electron chi connectivity index (χ3n) is 4.91. The molecule has 0 saturated carbocycles. The van der Waals surface area contributed by atoms with Gasteiger partial charge < -0.3 is 14.8 Å². The number of carbonyl (C=O) groups is 1. The number of nitrogens with zero attached hydrogens (tertiary/aromatic N) is 4. The Labute approximate surface area is 190 Å². The van der Waals surface area contributed by atoms with E-state index in [2.05, 4.69) is 15.3 Å². The van der Waals surface area contributed by atoms with Crippen molar-refractivity contribution in [2.75, 3.05) is 11.9 Å². The number of hydrogen-bond acceptors (Lipinski definition) is 6. The molecule has 0 unspecified atom stereocenters. The third-order valence-corrected chi connectivity index (χ3v) is 4.91. The van der Waals surface area contributed by atoms with Crippen LogP contribution in [0.1, 0.15) is 42.9 Å². The highest BCUT2D eigenvalue weighted by Gasteiger charge is 2.11. The molecule has 0 radical (unpaired) electrons. The number of rotatable bonds is 8. The molecule has 2 aromatic carbocycles. The molecule has 0 saturated heterocycles. The molecule has 0 aliphatic carbocycles. The summed E-state index contributed by atoms with van der Waals surface area (Å²) in [6.45, 7) is 6.54. The predicted molar refractivity (Wildman–Crippen MR) is 124 cm³/mol. The highest BCUT2D eigenvalue weighted by atomic mass is 16.5. The predicted octanol–water partition coefficient (Wildman–Crippen LogP) is 3.70. The molecule has 4 rings (SSSR count). The SMILES string of the molecule is CCOc1ccc(C(=O)Nc2ccc(OCc3cc(=O)n4c(ncn4C(C)C)n3)cc2)cc1. The second-order valence-electron chi connectivity index (χ2n) is 7.64. The van der Waals surface area contributed by atoms with E-state index >= 15 is 0 Å². The third kappa shape index (κ3) is 5.03. The minimum absolute atomic E-state index is 0.0880. The van der Waals surface area contributed by atoms with Gasteiger partial charge in [0.15, 0.2) is 0 Å². The van der Waals surface area contributed by atoms with Crippen LogP contribution in [0.5, 0.6) is 11.5 Å². The minimum atomic E-state index is -0.217. The smallest absolute Gasteiger partial charge is 0.274 e. The van der Waals surface area contributed by atoms with Gasteiger partial charge in [0, 0.05) is 23.4 Å². The van der Waals surface area contributed by atoms with E-state index in [9.17, 15) is 9.59 Å². The Hall–Kier alpha value is -4.14. The molecule has 2 aromatic heterocycles. The number of fused-ring (bicyclic) bond motifs is 1. The second-order valence-corrected chi connectivity index (χ2v) is 7.64. The van der Waals surface area contributed by atoms with Crippen molar-refractivity contribution in [1.82, 2.24) is 19.2 Å². The first-order valence-electron chi connectivity index (χ1n) is 10.7. The van der Waals surface area contributed by atoms with Crippen LogP contribution in [-0.2, 0) is 6.61 Å². The number of ether oxygens (including phenoxy) is 2. The molecule has 170 valence electrons. The Morgan fingerprint density at radius 2 is 1.70 bits per heavy atom. The quantitative estimate of drug-likeness (QED) is 0.442. The summed E-state index contributed by atoms with van der Waals surface area (Å²) in [5.74, 6) is 1.43. The summed E-state index contributed by atoms with van der Waals surface area (Å²) in [5.41, 5.74) is 1.45. The van der Waals surface area contributed by atoms with Crippen LogP contribution >= 0.6 is 0 Å². The summed E-state index contributed by atoms with van der Waals surface area (Å²) in [7, 11) is 0. The molecule has 0 atom stereocenters. The molecule has 0 fully saturated rings. The summed E-state index contributed by atoms with van der Waals surface area (Å²) in [4.78, 5) is 33.5. The maximum absolute atomic E-state index is 12.5. The van der Waals surface area contributed by atoms with Crippen molar-refractivity contribution in [1.29, 1.82) is 0 Å². The van der Waals surface area contributed by atoms with E-state index < -0.39 is 0 Å². The first-order valence-corrected chi connectivity index (χ1v) is 10.7. The zero-order chi connectivity index (χ0) is 23.4. The Kier molecular flexibility index (Phi) is 6.39. The zero-order valence-electron chi connectivity index (χ0n) is 18.7. The minimum Gasteiger partial charge on any atom is -0.494 e. The van der Waals surface area contributed by atoms with Crippen molar-refractivity contribution in [3.63, 3.8) is 0 Å². The molecule has 33 heavy (non-hydrogen) atoms. The summed E-state index contributed by atoms with van der Waals surface area (Å²) < 4.78 is 14.3. The Morgan fingerprint density at radius 1 is 1.03 bits per heavy atom. The second kappa shape index (κ2) is 9.56. The Bertz CT molecular complexity index is 1310. The molecule has 0 aliphatic heterocycles. The molecule has 1 N–H and O–H groups in total. The van der Waals surface area contributed by atoms with E-state index in [0.717, 1.165) is 5.75 Å². The van der Waals surface area contributed by atoms with Crippen LogP contribution in [0.2, 0.25) is 0 Å². The van der Waals surface area contributed by atoms with Crippen molar-refractivity contribution in [3.8, 4) is 11.5 Å². The molecule has 9 heteroatoms. The average molecular weight is 447 g/mol. The van der Waals surface area contributed by atoms with Crippen LogP contribution < -0.4 is 20.3 Å². The van der Waals surface area contributed by atoms with Crippen molar-refractivity contribution in [3.05, 3.63) is 82.5 Å². The van der Waals surface area contributed by atoms with Crippen molar-refractivity contribution in [2.45, 2.75) is 33.4 Å².